The number of carbonyl (C=O) groups excluding carboxylic acids is 1. The number of halogens is 5. The van der Waals surface area contributed by atoms with Crippen LogP contribution in [0.1, 0.15) is 11.1 Å². The summed E-state index contributed by atoms with van der Waals surface area (Å²) in [5.74, 6) is 0. The summed E-state index contributed by atoms with van der Waals surface area (Å²) in [6, 6.07) is 13.3. The molecule has 1 aliphatic heterocycles. The van der Waals surface area contributed by atoms with Gasteiger partial charge < -0.3 is 0 Å². The van der Waals surface area contributed by atoms with Gasteiger partial charge in [-0.1, -0.05) is 59.2 Å². The van der Waals surface area contributed by atoms with Crippen molar-refractivity contribution in [3.63, 3.8) is 0 Å². The second-order valence-electron chi connectivity index (χ2n) is 5.64. The monoisotopic (exact) mass is 402 g/mol. The van der Waals surface area contributed by atoms with E-state index in [9.17, 15) is 18.0 Å². The molecule has 25 heavy (non-hydrogen) atoms. The first-order valence-corrected chi connectivity index (χ1v) is 8.81. The molecule has 1 heterocycles. The van der Waals surface area contributed by atoms with Gasteiger partial charge in [-0.2, -0.15) is 13.2 Å². The predicted octanol–water partition coefficient (Wildman–Crippen LogP) is 6.19. The van der Waals surface area contributed by atoms with E-state index in [2.05, 4.69) is 0 Å². The van der Waals surface area contributed by atoms with Crippen molar-refractivity contribution >= 4 is 40.1 Å². The number of benzene rings is 2. The molecule has 0 aliphatic carbocycles. The summed E-state index contributed by atoms with van der Waals surface area (Å²) < 4.78 is 38.4. The molecule has 0 radical (unpaired) electrons. The second-order valence-corrected chi connectivity index (χ2v) is 7.82. The molecule has 130 valence electrons. The van der Waals surface area contributed by atoms with Gasteiger partial charge in [-0.15, -0.1) is 0 Å². The van der Waals surface area contributed by atoms with E-state index in [1.165, 1.54) is 0 Å². The molecule has 0 N–H and O–H groups in total. The lowest BCUT2D eigenvalue weighted by Gasteiger charge is -2.26. The number of rotatable bonds is 3. The summed E-state index contributed by atoms with van der Waals surface area (Å²) in [4.78, 5) is 12.0. The summed E-state index contributed by atoms with van der Waals surface area (Å²) in [5.41, 5.74) is 0.241. The molecule has 3 rings (SSSR count). The van der Waals surface area contributed by atoms with Gasteiger partial charge in [-0.05, 0) is 47.9 Å². The van der Waals surface area contributed by atoms with Crippen molar-refractivity contribution in [1.82, 2.24) is 0 Å². The van der Waals surface area contributed by atoms with Crippen LogP contribution in [0.2, 0.25) is 10.0 Å². The van der Waals surface area contributed by atoms with Crippen molar-refractivity contribution in [2.75, 3.05) is 0 Å². The van der Waals surface area contributed by atoms with Crippen molar-refractivity contribution in [2.45, 2.75) is 17.3 Å². The van der Waals surface area contributed by atoms with Gasteiger partial charge >= 0.3 is 6.18 Å². The maximum Gasteiger partial charge on any atom is 0.420 e. The van der Waals surface area contributed by atoms with Gasteiger partial charge in [-0.3, -0.25) is 4.79 Å². The Morgan fingerprint density at radius 1 is 0.920 bits per heavy atom. The van der Waals surface area contributed by atoms with Gasteiger partial charge in [0, 0.05) is 10.0 Å². The Hall–Kier alpha value is -1.43. The fraction of sp³-hybridized carbons (Fsp3) is 0.167. The van der Waals surface area contributed by atoms with Gasteiger partial charge in [0.25, 0.3) is 0 Å². The quantitative estimate of drug-likeness (QED) is 0.608. The van der Waals surface area contributed by atoms with Crippen LogP contribution in [0, 0.1) is 0 Å². The molecule has 2 aromatic rings. The van der Waals surface area contributed by atoms with Crippen LogP contribution < -0.4 is 0 Å². The van der Waals surface area contributed by atoms with Crippen LogP contribution in [-0.2, 0) is 16.0 Å². The third-order valence-corrected chi connectivity index (χ3v) is 5.66. The van der Waals surface area contributed by atoms with Crippen LogP contribution in [0.4, 0.5) is 13.2 Å². The molecule has 1 aliphatic rings. The molecule has 0 saturated carbocycles. The molecule has 0 spiro atoms. The van der Waals surface area contributed by atoms with Gasteiger partial charge in [0.05, 0.1) is 4.75 Å². The molecule has 0 fully saturated rings. The minimum absolute atomic E-state index is 0.224. The van der Waals surface area contributed by atoms with E-state index in [1.54, 1.807) is 48.5 Å². The Balaban J connectivity index is 2.09. The fourth-order valence-corrected chi connectivity index (χ4v) is 4.25. The minimum atomic E-state index is -4.68. The Morgan fingerprint density at radius 2 is 1.44 bits per heavy atom. The normalized spacial score (nSPS) is 20.7. The van der Waals surface area contributed by atoms with Crippen LogP contribution in [0.5, 0.6) is 0 Å². The molecule has 0 aromatic heterocycles. The first-order valence-electron chi connectivity index (χ1n) is 7.23. The zero-order valence-electron chi connectivity index (χ0n) is 12.6. The van der Waals surface area contributed by atoms with E-state index in [4.69, 9.17) is 23.2 Å². The Bertz CT molecular complexity index is 829. The first kappa shape index (κ1) is 18.4. The highest BCUT2D eigenvalue weighted by Gasteiger charge is 2.50. The van der Waals surface area contributed by atoms with Gasteiger partial charge in [0.15, 0.2) is 0 Å². The smallest absolute Gasteiger partial charge is 0.282 e. The molecular formula is C18H11Cl2F3OS. The number of carbonyl (C=O) groups is 1. The number of alkyl halides is 3. The van der Waals surface area contributed by atoms with Crippen LogP contribution in [0.25, 0.3) is 0 Å². The molecule has 1 nitrogen and oxygen atoms in total. The summed E-state index contributed by atoms with van der Waals surface area (Å²) in [6.45, 7) is 0. The Kier molecular flexibility index (Phi) is 4.93. The highest BCUT2D eigenvalue weighted by molar-refractivity contribution is 8.15. The van der Waals surface area contributed by atoms with Crippen LogP contribution in [-0.4, -0.2) is 11.3 Å². The molecule has 0 amide bonds. The average Bonchev–Trinajstić information content (AvgIpc) is 2.88. The van der Waals surface area contributed by atoms with Crippen molar-refractivity contribution in [3.05, 3.63) is 81.4 Å². The zero-order valence-corrected chi connectivity index (χ0v) is 14.9. The molecule has 1 unspecified atom stereocenters. The van der Waals surface area contributed by atoms with E-state index >= 15 is 0 Å². The van der Waals surface area contributed by atoms with E-state index in [1.807, 2.05) is 0 Å². The minimum Gasteiger partial charge on any atom is -0.282 e. The summed E-state index contributed by atoms with van der Waals surface area (Å²) >= 11 is 12.4. The molecular weight excluding hydrogens is 392 g/mol. The van der Waals surface area contributed by atoms with Crippen molar-refractivity contribution in [3.8, 4) is 0 Å². The van der Waals surface area contributed by atoms with E-state index in [0.717, 1.165) is 11.6 Å². The molecule has 1 atom stereocenters. The molecule has 7 heteroatoms. The number of hydrogen-bond donors (Lipinski definition) is 0. The van der Waals surface area contributed by atoms with E-state index in [-0.39, 0.29) is 6.42 Å². The second kappa shape index (κ2) is 6.71. The predicted molar refractivity (Wildman–Crippen MR) is 95.0 cm³/mol. The van der Waals surface area contributed by atoms with Crippen molar-refractivity contribution in [1.29, 1.82) is 0 Å². The summed E-state index contributed by atoms with van der Waals surface area (Å²) in [5, 5.41) is 0.0297. The van der Waals surface area contributed by atoms with Gasteiger partial charge in [0.2, 0.25) is 5.12 Å². The lowest BCUT2D eigenvalue weighted by molar-refractivity contribution is -0.121. The topological polar surface area (TPSA) is 17.1 Å². The summed E-state index contributed by atoms with van der Waals surface area (Å²) in [7, 11) is 0. The van der Waals surface area contributed by atoms with Crippen LogP contribution >= 0.6 is 35.0 Å². The van der Waals surface area contributed by atoms with Crippen molar-refractivity contribution in [2.24, 2.45) is 0 Å². The third kappa shape index (κ3) is 3.89. The molecule has 0 bridgehead atoms. The highest BCUT2D eigenvalue weighted by atomic mass is 35.5. The zero-order chi connectivity index (χ0) is 18.2. The molecule has 0 saturated heterocycles. The van der Waals surface area contributed by atoms with Gasteiger partial charge in [0.1, 0.15) is 5.57 Å². The van der Waals surface area contributed by atoms with Crippen molar-refractivity contribution < 1.29 is 18.0 Å². The van der Waals surface area contributed by atoms with E-state index < -0.39 is 21.6 Å². The standard InChI is InChI=1S/C18H11Cl2F3OS/c19-13-5-1-11(2-6-13)9-17(12-3-7-14(20)8-4-12)10-15(16(24)25-17)18(21,22)23/h1-8,10H,9H2. The van der Waals surface area contributed by atoms with Crippen LogP contribution in [0.15, 0.2) is 60.2 Å². The van der Waals surface area contributed by atoms with Crippen LogP contribution in [0.3, 0.4) is 0 Å². The average molecular weight is 403 g/mol. The lowest BCUT2D eigenvalue weighted by atomic mass is 9.89. The maximum atomic E-state index is 13.2. The maximum absolute atomic E-state index is 13.2. The highest BCUT2D eigenvalue weighted by Crippen LogP contribution is 2.51. The largest absolute Gasteiger partial charge is 0.420 e. The molecule has 2 aromatic carbocycles. The van der Waals surface area contributed by atoms with Gasteiger partial charge in [-0.25, -0.2) is 0 Å². The fourth-order valence-electron chi connectivity index (χ4n) is 2.71. The third-order valence-electron chi connectivity index (χ3n) is 3.89. The Labute approximate surface area is 156 Å². The lowest BCUT2D eigenvalue weighted by Crippen LogP contribution is -2.21. The summed E-state index contributed by atoms with van der Waals surface area (Å²) in [6.07, 6.45) is -3.43. The Morgan fingerprint density at radius 3 is 1.92 bits per heavy atom. The number of hydrogen-bond acceptors (Lipinski definition) is 2. The number of thioether (sulfide) groups is 1. The van der Waals surface area contributed by atoms with E-state index in [0.29, 0.717) is 27.4 Å². The SMILES string of the molecule is O=C1SC(Cc2ccc(Cl)cc2)(c2ccc(Cl)cc2)C=C1C(F)(F)F. The first-order chi connectivity index (χ1) is 11.7.